The van der Waals surface area contributed by atoms with Gasteiger partial charge in [0.05, 0.1) is 17.7 Å². The Labute approximate surface area is 161 Å². The van der Waals surface area contributed by atoms with E-state index in [1.165, 1.54) is 0 Å². The summed E-state index contributed by atoms with van der Waals surface area (Å²) in [4.78, 5) is 25.1. The van der Waals surface area contributed by atoms with Gasteiger partial charge >= 0.3 is 11.9 Å². The van der Waals surface area contributed by atoms with Crippen LogP contribution in [0.25, 0.3) is 0 Å². The van der Waals surface area contributed by atoms with Gasteiger partial charge in [-0.2, -0.15) is 0 Å². The van der Waals surface area contributed by atoms with Gasteiger partial charge in [0.25, 0.3) is 0 Å². The standard InChI is InChI=1S/C23H28O4/c1-4-6-11-18(5-2)16-26-22(24)20-13-7-8-14-21(20)23(25)27-19-12-9-10-17(3)15-19/h7-10,12-15,18H,4-6,11,16H2,1-3H3. The molecule has 144 valence electrons. The summed E-state index contributed by atoms with van der Waals surface area (Å²) in [5, 5.41) is 0. The third-order valence-electron chi connectivity index (χ3n) is 4.56. The Morgan fingerprint density at radius 2 is 1.67 bits per heavy atom. The first-order valence-electron chi connectivity index (χ1n) is 9.60. The SMILES string of the molecule is CCCCC(CC)COC(=O)c1ccccc1C(=O)Oc1cccc(C)c1. The van der Waals surface area contributed by atoms with Gasteiger partial charge in [0, 0.05) is 0 Å². The van der Waals surface area contributed by atoms with E-state index >= 15 is 0 Å². The molecule has 1 unspecified atom stereocenters. The molecule has 0 saturated heterocycles. The maximum Gasteiger partial charge on any atom is 0.344 e. The summed E-state index contributed by atoms with van der Waals surface area (Å²) in [7, 11) is 0. The fourth-order valence-corrected chi connectivity index (χ4v) is 2.85. The minimum Gasteiger partial charge on any atom is -0.462 e. The van der Waals surface area contributed by atoms with Crippen molar-refractivity contribution in [1.82, 2.24) is 0 Å². The maximum absolute atomic E-state index is 12.6. The molecule has 0 heterocycles. The van der Waals surface area contributed by atoms with Crippen LogP contribution < -0.4 is 4.74 Å². The lowest BCUT2D eigenvalue weighted by molar-refractivity contribution is 0.0422. The van der Waals surface area contributed by atoms with Gasteiger partial charge < -0.3 is 9.47 Å². The van der Waals surface area contributed by atoms with E-state index in [9.17, 15) is 9.59 Å². The molecule has 2 rings (SSSR count). The minimum atomic E-state index is -0.564. The van der Waals surface area contributed by atoms with Crippen LogP contribution in [0.2, 0.25) is 0 Å². The molecule has 0 aliphatic rings. The zero-order valence-corrected chi connectivity index (χ0v) is 16.4. The van der Waals surface area contributed by atoms with E-state index in [2.05, 4.69) is 13.8 Å². The molecule has 0 radical (unpaired) electrons. The number of hydrogen-bond acceptors (Lipinski definition) is 4. The van der Waals surface area contributed by atoms with E-state index in [-0.39, 0.29) is 11.1 Å². The molecule has 0 aliphatic carbocycles. The molecule has 0 saturated carbocycles. The van der Waals surface area contributed by atoms with Gasteiger partial charge in [0.2, 0.25) is 0 Å². The fourth-order valence-electron chi connectivity index (χ4n) is 2.85. The van der Waals surface area contributed by atoms with Gasteiger partial charge in [-0.3, -0.25) is 0 Å². The van der Waals surface area contributed by atoms with Crippen molar-refractivity contribution < 1.29 is 19.1 Å². The average molecular weight is 368 g/mol. The zero-order chi connectivity index (χ0) is 19.6. The number of benzene rings is 2. The predicted octanol–water partition coefficient (Wildman–Crippen LogP) is 5.59. The number of carbonyl (C=O) groups is 2. The highest BCUT2D eigenvalue weighted by Crippen LogP contribution is 2.19. The normalized spacial score (nSPS) is 11.7. The highest BCUT2D eigenvalue weighted by atomic mass is 16.5. The summed E-state index contributed by atoms with van der Waals surface area (Å²) in [5.41, 5.74) is 1.44. The maximum atomic E-state index is 12.6. The number of hydrogen-bond donors (Lipinski definition) is 0. The predicted molar refractivity (Wildman–Crippen MR) is 106 cm³/mol. The number of ether oxygens (including phenoxy) is 2. The van der Waals surface area contributed by atoms with Gasteiger partial charge in [0.15, 0.2) is 0 Å². The van der Waals surface area contributed by atoms with Crippen LogP contribution in [-0.2, 0) is 4.74 Å². The fraction of sp³-hybridized carbons (Fsp3) is 0.391. The van der Waals surface area contributed by atoms with Crippen LogP contribution in [0.4, 0.5) is 0 Å². The molecule has 4 heteroatoms. The van der Waals surface area contributed by atoms with Crippen molar-refractivity contribution in [2.75, 3.05) is 6.61 Å². The topological polar surface area (TPSA) is 52.6 Å². The number of carbonyl (C=O) groups excluding carboxylic acids is 2. The average Bonchev–Trinajstić information content (AvgIpc) is 2.68. The Morgan fingerprint density at radius 1 is 0.963 bits per heavy atom. The summed E-state index contributed by atoms with van der Waals surface area (Å²) >= 11 is 0. The molecule has 0 fully saturated rings. The quantitative estimate of drug-likeness (QED) is 0.428. The molecule has 0 amide bonds. The number of esters is 2. The highest BCUT2D eigenvalue weighted by molar-refractivity contribution is 6.03. The summed E-state index contributed by atoms with van der Waals surface area (Å²) in [5.74, 6) is -0.248. The molecule has 0 spiro atoms. The van der Waals surface area contributed by atoms with Gasteiger partial charge in [-0.25, -0.2) is 9.59 Å². The van der Waals surface area contributed by atoms with Crippen LogP contribution in [0.5, 0.6) is 5.75 Å². The molecule has 0 N–H and O–H groups in total. The Hall–Kier alpha value is -2.62. The van der Waals surface area contributed by atoms with Crippen LogP contribution in [0.1, 0.15) is 65.8 Å². The van der Waals surface area contributed by atoms with Crippen molar-refractivity contribution in [2.45, 2.75) is 46.5 Å². The van der Waals surface area contributed by atoms with Crippen molar-refractivity contribution in [3.05, 3.63) is 65.2 Å². The third kappa shape index (κ3) is 6.24. The van der Waals surface area contributed by atoms with Gasteiger partial charge in [0.1, 0.15) is 5.75 Å². The Kier molecular flexibility index (Phi) is 8.05. The molecule has 1 atom stereocenters. The van der Waals surface area contributed by atoms with E-state index in [0.29, 0.717) is 18.3 Å². The molecule has 0 bridgehead atoms. The van der Waals surface area contributed by atoms with Crippen LogP contribution >= 0.6 is 0 Å². The van der Waals surface area contributed by atoms with Crippen LogP contribution in [0.15, 0.2) is 48.5 Å². The molecule has 2 aromatic carbocycles. The van der Waals surface area contributed by atoms with Crippen molar-refractivity contribution in [3.63, 3.8) is 0 Å². The van der Waals surface area contributed by atoms with Crippen molar-refractivity contribution in [2.24, 2.45) is 5.92 Å². The Balaban J connectivity index is 2.07. The van der Waals surface area contributed by atoms with Crippen molar-refractivity contribution >= 4 is 11.9 Å². The lowest BCUT2D eigenvalue weighted by Gasteiger charge is -2.15. The molecule has 0 aromatic heterocycles. The monoisotopic (exact) mass is 368 g/mol. The second-order valence-electron chi connectivity index (χ2n) is 6.77. The van der Waals surface area contributed by atoms with E-state index in [0.717, 1.165) is 31.2 Å². The zero-order valence-electron chi connectivity index (χ0n) is 16.4. The van der Waals surface area contributed by atoms with Crippen LogP contribution in [0, 0.1) is 12.8 Å². The lowest BCUT2D eigenvalue weighted by Crippen LogP contribution is -2.18. The van der Waals surface area contributed by atoms with Gasteiger partial charge in [-0.05, 0) is 49.1 Å². The van der Waals surface area contributed by atoms with Crippen molar-refractivity contribution in [3.8, 4) is 5.75 Å². The molecule has 2 aromatic rings. The van der Waals surface area contributed by atoms with Gasteiger partial charge in [-0.15, -0.1) is 0 Å². The second-order valence-corrected chi connectivity index (χ2v) is 6.77. The van der Waals surface area contributed by atoms with E-state index in [4.69, 9.17) is 9.47 Å². The molecular formula is C23H28O4. The molecular weight excluding hydrogens is 340 g/mol. The van der Waals surface area contributed by atoms with E-state index < -0.39 is 11.9 Å². The van der Waals surface area contributed by atoms with E-state index in [1.807, 2.05) is 19.1 Å². The Morgan fingerprint density at radius 3 is 2.30 bits per heavy atom. The highest BCUT2D eigenvalue weighted by Gasteiger charge is 2.20. The van der Waals surface area contributed by atoms with Crippen LogP contribution in [0.3, 0.4) is 0 Å². The number of aryl methyl sites for hydroxylation is 1. The molecule has 0 aliphatic heterocycles. The smallest absolute Gasteiger partial charge is 0.344 e. The number of rotatable bonds is 9. The molecule has 4 nitrogen and oxygen atoms in total. The first-order valence-corrected chi connectivity index (χ1v) is 9.60. The Bertz CT molecular complexity index is 766. The first kappa shape index (κ1) is 20.7. The molecule has 27 heavy (non-hydrogen) atoms. The van der Waals surface area contributed by atoms with Gasteiger partial charge in [-0.1, -0.05) is 57.4 Å². The third-order valence-corrected chi connectivity index (χ3v) is 4.56. The lowest BCUT2D eigenvalue weighted by atomic mass is 10.0. The number of unbranched alkanes of at least 4 members (excludes halogenated alkanes) is 1. The largest absolute Gasteiger partial charge is 0.462 e. The van der Waals surface area contributed by atoms with E-state index in [1.54, 1.807) is 36.4 Å². The van der Waals surface area contributed by atoms with Crippen molar-refractivity contribution in [1.29, 1.82) is 0 Å². The summed E-state index contributed by atoms with van der Waals surface area (Å²) in [6, 6.07) is 13.8. The summed E-state index contributed by atoms with van der Waals surface area (Å²) < 4.78 is 10.9. The minimum absolute atomic E-state index is 0.214. The second kappa shape index (κ2) is 10.5. The first-order chi connectivity index (χ1) is 13.0. The summed E-state index contributed by atoms with van der Waals surface area (Å²) in [6.07, 6.45) is 4.25. The summed E-state index contributed by atoms with van der Waals surface area (Å²) in [6.45, 7) is 6.54. The van der Waals surface area contributed by atoms with Crippen LogP contribution in [-0.4, -0.2) is 18.5 Å².